The number of carbonyl (C=O) groups is 2. The molecule has 1 saturated carbocycles. The maximum absolute atomic E-state index is 14.2. The number of nitrogens with one attached hydrogen (secondary N) is 1. The molecule has 2 amide bonds. The number of nitriles is 1. The number of aromatic nitrogens is 3. The maximum Gasteiger partial charge on any atom is 0.251 e. The number of amides is 2. The fourth-order valence-electron chi connectivity index (χ4n) is 5.78. The molecule has 3 atom stereocenters. The average molecular weight is 557 g/mol. The van der Waals surface area contributed by atoms with Crippen LogP contribution in [0.15, 0.2) is 54.7 Å². The van der Waals surface area contributed by atoms with Gasteiger partial charge in [0, 0.05) is 29.1 Å². The van der Waals surface area contributed by atoms with Crippen LogP contribution in [-0.4, -0.2) is 26.6 Å². The molecule has 2 heterocycles. The zero-order valence-corrected chi connectivity index (χ0v) is 21.6. The van der Waals surface area contributed by atoms with Crippen molar-refractivity contribution >= 4 is 11.8 Å². The molecule has 2 aromatic carbocycles. The molecular weight excluding hydrogens is 533 g/mol. The number of halogens is 3. The van der Waals surface area contributed by atoms with Crippen LogP contribution in [0.25, 0.3) is 11.1 Å². The summed E-state index contributed by atoms with van der Waals surface area (Å²) in [6.45, 7) is -0.165. The lowest BCUT2D eigenvalue weighted by molar-refractivity contribution is -0.122. The summed E-state index contributed by atoms with van der Waals surface area (Å²) >= 11 is 0. The van der Waals surface area contributed by atoms with Crippen molar-refractivity contribution < 1.29 is 22.8 Å². The minimum Gasteiger partial charge on any atom is -0.366 e. The highest BCUT2D eigenvalue weighted by atomic mass is 19.1. The Kier molecular flexibility index (Phi) is 6.53. The van der Waals surface area contributed by atoms with E-state index in [9.17, 15) is 28.0 Å². The number of benzene rings is 2. The summed E-state index contributed by atoms with van der Waals surface area (Å²) < 4.78 is 43.9. The van der Waals surface area contributed by atoms with Gasteiger partial charge in [0.2, 0.25) is 5.91 Å². The molecule has 8 nitrogen and oxygen atoms in total. The quantitative estimate of drug-likeness (QED) is 0.338. The third-order valence-corrected chi connectivity index (χ3v) is 7.66. The van der Waals surface area contributed by atoms with Crippen molar-refractivity contribution in [3.63, 3.8) is 0 Å². The van der Waals surface area contributed by atoms with E-state index in [1.165, 1.54) is 30.5 Å². The van der Waals surface area contributed by atoms with Gasteiger partial charge < -0.3 is 11.1 Å². The van der Waals surface area contributed by atoms with Crippen molar-refractivity contribution in [2.24, 2.45) is 11.7 Å². The Labute approximate surface area is 232 Å². The summed E-state index contributed by atoms with van der Waals surface area (Å²) in [5.41, 5.74) is 8.63. The lowest BCUT2D eigenvalue weighted by Gasteiger charge is -2.22. The Bertz CT molecular complexity index is 1740. The lowest BCUT2D eigenvalue weighted by Crippen LogP contribution is -2.34. The van der Waals surface area contributed by atoms with Gasteiger partial charge in [-0.1, -0.05) is 12.1 Å². The first-order valence-electron chi connectivity index (χ1n) is 13.0. The lowest BCUT2D eigenvalue weighted by atomic mass is 9.94. The number of rotatable bonds is 8. The summed E-state index contributed by atoms with van der Waals surface area (Å²) in [6.07, 6.45) is 3.24. The molecule has 41 heavy (non-hydrogen) atoms. The minimum absolute atomic E-state index is 0.0287. The van der Waals surface area contributed by atoms with Gasteiger partial charge >= 0.3 is 0 Å². The normalized spacial score (nSPS) is 17.3. The van der Waals surface area contributed by atoms with Crippen molar-refractivity contribution in [2.45, 2.75) is 37.8 Å². The van der Waals surface area contributed by atoms with Crippen LogP contribution in [0, 0.1) is 34.7 Å². The number of primary amides is 1. The number of nitrogens with two attached hydrogens (primary N) is 1. The number of hydrogen-bond donors (Lipinski definition) is 2. The molecule has 0 saturated heterocycles. The highest BCUT2D eigenvalue weighted by molar-refractivity contribution is 5.94. The van der Waals surface area contributed by atoms with Crippen LogP contribution in [0.3, 0.4) is 0 Å². The van der Waals surface area contributed by atoms with Gasteiger partial charge in [-0.3, -0.25) is 19.3 Å². The molecule has 2 aromatic heterocycles. The Balaban J connectivity index is 1.36. The third kappa shape index (κ3) is 5.04. The van der Waals surface area contributed by atoms with Crippen molar-refractivity contribution in [1.82, 2.24) is 20.1 Å². The van der Waals surface area contributed by atoms with Gasteiger partial charge in [0.25, 0.3) is 5.91 Å². The van der Waals surface area contributed by atoms with Gasteiger partial charge in [-0.2, -0.15) is 10.4 Å². The molecule has 206 valence electrons. The molecule has 3 N–H and O–H groups in total. The van der Waals surface area contributed by atoms with Crippen LogP contribution in [0.2, 0.25) is 0 Å². The first kappa shape index (κ1) is 26.3. The number of nitrogens with zero attached hydrogens (tertiary/aromatic N) is 4. The molecule has 0 aliphatic heterocycles. The summed E-state index contributed by atoms with van der Waals surface area (Å²) in [7, 11) is 0. The number of hydrogen-bond acceptors (Lipinski definition) is 5. The fourth-order valence-corrected chi connectivity index (χ4v) is 5.78. The van der Waals surface area contributed by atoms with Crippen molar-refractivity contribution in [3.8, 4) is 17.2 Å². The molecule has 0 bridgehead atoms. The van der Waals surface area contributed by atoms with E-state index in [-0.39, 0.29) is 24.1 Å². The van der Waals surface area contributed by atoms with E-state index in [4.69, 9.17) is 5.73 Å². The van der Waals surface area contributed by atoms with Crippen LogP contribution in [0.4, 0.5) is 13.2 Å². The van der Waals surface area contributed by atoms with Gasteiger partial charge in [-0.05, 0) is 72.6 Å². The number of carbonyl (C=O) groups excluding carboxylic acids is 2. The third-order valence-electron chi connectivity index (χ3n) is 7.66. The summed E-state index contributed by atoms with van der Waals surface area (Å²) in [5, 5.41) is 16.8. The largest absolute Gasteiger partial charge is 0.366 e. The summed E-state index contributed by atoms with van der Waals surface area (Å²) in [5.74, 6) is -2.92. The summed E-state index contributed by atoms with van der Waals surface area (Å²) in [4.78, 5) is 29.7. The van der Waals surface area contributed by atoms with E-state index >= 15 is 0 Å². The zero-order chi connectivity index (χ0) is 28.8. The minimum atomic E-state index is -0.948. The second-order valence-electron chi connectivity index (χ2n) is 10.4. The first-order chi connectivity index (χ1) is 19.7. The monoisotopic (exact) mass is 556 g/mol. The number of fused-ring (bicyclic) bond motifs is 3. The van der Waals surface area contributed by atoms with E-state index in [0.717, 1.165) is 36.2 Å². The van der Waals surface area contributed by atoms with Gasteiger partial charge in [-0.25, -0.2) is 13.2 Å². The van der Waals surface area contributed by atoms with Crippen LogP contribution >= 0.6 is 0 Å². The maximum atomic E-state index is 14.2. The molecular formula is C30H23F3N6O2. The molecule has 1 unspecified atom stereocenters. The molecule has 4 aromatic rings. The standard InChI is InChI=1S/C30H23F3N6O2/c31-18-6-15(7-19(32)12-18)8-24(29-20(2-1-5-36-29)16-3-4-23(33)22(9-16)30(35)41)37-27(40)14-39-26-11-17-10-21(17)28(26)25(13-34)38-39/h1-7,9,12,17,21,24H,8,10-11,14H2,(H2,35,41)(H,37,40)/t17-,21?,24+/m1/s1. The van der Waals surface area contributed by atoms with Crippen LogP contribution < -0.4 is 11.1 Å². The van der Waals surface area contributed by atoms with Crippen molar-refractivity contribution in [3.05, 3.63) is 106 Å². The Morgan fingerprint density at radius 2 is 1.93 bits per heavy atom. The fraction of sp³-hybridized carbons (Fsp3) is 0.233. The Morgan fingerprint density at radius 3 is 2.66 bits per heavy atom. The van der Waals surface area contributed by atoms with Gasteiger partial charge in [0.05, 0.1) is 17.3 Å². The van der Waals surface area contributed by atoms with E-state index in [1.54, 1.807) is 16.8 Å². The Morgan fingerprint density at radius 1 is 1.15 bits per heavy atom. The SMILES string of the molecule is N#Cc1nn(CC(=O)N[C@@H](Cc2cc(F)cc(F)c2)c2ncccc2-c2ccc(F)c(C(N)=O)c2)c2c1C1C[C@@H]1C2. The molecule has 2 aliphatic rings. The van der Waals surface area contributed by atoms with E-state index in [1.807, 2.05) is 0 Å². The Hall–Kier alpha value is -4.98. The molecule has 0 radical (unpaired) electrons. The molecule has 6 rings (SSSR count). The van der Waals surface area contributed by atoms with E-state index in [0.29, 0.717) is 34.4 Å². The van der Waals surface area contributed by atoms with Gasteiger partial charge in [-0.15, -0.1) is 0 Å². The average Bonchev–Trinajstić information content (AvgIpc) is 3.46. The highest BCUT2D eigenvalue weighted by Gasteiger charge is 2.49. The van der Waals surface area contributed by atoms with Gasteiger partial charge in [0.1, 0.15) is 30.1 Å². The molecule has 11 heteroatoms. The molecule has 1 fully saturated rings. The topological polar surface area (TPSA) is 127 Å². The first-order valence-corrected chi connectivity index (χ1v) is 13.0. The van der Waals surface area contributed by atoms with Crippen LogP contribution in [-0.2, 0) is 24.2 Å². The van der Waals surface area contributed by atoms with Crippen molar-refractivity contribution in [1.29, 1.82) is 5.26 Å². The number of pyridine rings is 1. The van der Waals surface area contributed by atoms with E-state index < -0.39 is 35.3 Å². The zero-order valence-electron chi connectivity index (χ0n) is 21.6. The van der Waals surface area contributed by atoms with E-state index in [2.05, 4.69) is 21.5 Å². The predicted molar refractivity (Wildman–Crippen MR) is 141 cm³/mol. The molecule has 2 aliphatic carbocycles. The molecule has 0 spiro atoms. The second-order valence-corrected chi connectivity index (χ2v) is 10.4. The second kappa shape index (κ2) is 10.2. The van der Waals surface area contributed by atoms with Crippen LogP contribution in [0.1, 0.15) is 56.9 Å². The van der Waals surface area contributed by atoms with Gasteiger partial charge in [0.15, 0.2) is 5.69 Å². The summed E-state index contributed by atoms with van der Waals surface area (Å²) in [6, 6.07) is 11.5. The predicted octanol–water partition coefficient (Wildman–Crippen LogP) is 4.09. The van der Waals surface area contributed by atoms with Crippen LogP contribution in [0.5, 0.6) is 0 Å². The highest BCUT2D eigenvalue weighted by Crippen LogP contribution is 2.57. The van der Waals surface area contributed by atoms with Crippen molar-refractivity contribution in [2.75, 3.05) is 0 Å². The smallest absolute Gasteiger partial charge is 0.251 e.